The summed E-state index contributed by atoms with van der Waals surface area (Å²) in [5.41, 5.74) is 9.20. The van der Waals surface area contributed by atoms with Crippen molar-refractivity contribution in [3.63, 3.8) is 0 Å². The van der Waals surface area contributed by atoms with Gasteiger partial charge in [0.15, 0.2) is 0 Å². The fourth-order valence-corrected chi connectivity index (χ4v) is 5.65. The van der Waals surface area contributed by atoms with Gasteiger partial charge in [0.1, 0.15) is 6.17 Å². The molecule has 2 heteroatoms. The summed E-state index contributed by atoms with van der Waals surface area (Å²) in [5.74, 6) is 0.573. The molecule has 1 heterocycles. The second-order valence-corrected chi connectivity index (χ2v) is 11.2. The minimum Gasteiger partial charge on any atom is -0.266 e. The Hall–Kier alpha value is -4.56. The third-order valence-corrected chi connectivity index (χ3v) is 8.10. The zero-order valence-corrected chi connectivity index (χ0v) is 31.2. The van der Waals surface area contributed by atoms with Crippen LogP contribution in [0.4, 0.5) is 0 Å². The predicted octanol–water partition coefficient (Wildman–Crippen LogP) is 11.4. The molecule has 0 spiro atoms. The van der Waals surface area contributed by atoms with Crippen molar-refractivity contribution in [2.75, 3.05) is 0 Å². The zero-order valence-electron chi connectivity index (χ0n) is 31.2. The van der Waals surface area contributed by atoms with Gasteiger partial charge < -0.3 is 0 Å². The maximum atomic E-state index is 5.09. The number of fused-ring (bicyclic) bond motifs is 1. The van der Waals surface area contributed by atoms with E-state index >= 15 is 0 Å². The van der Waals surface area contributed by atoms with Crippen molar-refractivity contribution in [3.8, 4) is 0 Å². The zero-order chi connectivity index (χ0) is 35.5. The molecule has 0 saturated carbocycles. The first-order valence-corrected chi connectivity index (χ1v) is 17.8. The van der Waals surface area contributed by atoms with Crippen LogP contribution in [0, 0.1) is 18.8 Å². The quantitative estimate of drug-likeness (QED) is 0.173. The van der Waals surface area contributed by atoms with Crippen LogP contribution in [0.25, 0.3) is 23.3 Å². The molecule has 0 bridgehead atoms. The molecule has 48 heavy (non-hydrogen) atoms. The van der Waals surface area contributed by atoms with Crippen LogP contribution in [0.3, 0.4) is 0 Å². The fourth-order valence-electron chi connectivity index (χ4n) is 5.65. The monoisotopic (exact) mass is 638 g/mol. The summed E-state index contributed by atoms with van der Waals surface area (Å²) in [7, 11) is 0. The van der Waals surface area contributed by atoms with Crippen LogP contribution in [0.5, 0.6) is 0 Å². The molecule has 0 amide bonds. The Bertz CT molecular complexity index is 1760. The van der Waals surface area contributed by atoms with Crippen LogP contribution in [0.1, 0.15) is 85.4 Å². The normalized spacial score (nSPS) is 18.9. The lowest BCUT2D eigenvalue weighted by atomic mass is 9.87. The Morgan fingerprint density at radius 1 is 0.792 bits per heavy atom. The average Bonchev–Trinajstić information content (AvgIpc) is 3.15. The Labute approximate surface area is 292 Å². The topological polar surface area (TPSA) is 24.7 Å². The molecule has 0 aromatic heterocycles. The first kappa shape index (κ1) is 39.6. The number of dihydropyridines is 1. The van der Waals surface area contributed by atoms with Crippen LogP contribution < -0.4 is 10.4 Å². The van der Waals surface area contributed by atoms with Crippen molar-refractivity contribution in [3.05, 3.63) is 154 Å². The third-order valence-electron chi connectivity index (χ3n) is 8.10. The van der Waals surface area contributed by atoms with E-state index in [2.05, 4.69) is 144 Å². The lowest BCUT2D eigenvalue weighted by Crippen LogP contribution is -2.30. The molecule has 1 aliphatic carbocycles. The Morgan fingerprint density at radius 2 is 1.42 bits per heavy atom. The molecule has 3 aromatic carbocycles. The van der Waals surface area contributed by atoms with Gasteiger partial charge in [-0.2, -0.15) is 0 Å². The molecule has 2 nitrogen and oxygen atoms in total. The molecule has 0 saturated heterocycles. The first-order chi connectivity index (χ1) is 23.4. The van der Waals surface area contributed by atoms with Crippen molar-refractivity contribution in [2.24, 2.45) is 21.8 Å². The molecule has 2 aliphatic rings. The van der Waals surface area contributed by atoms with Gasteiger partial charge in [0.25, 0.3) is 0 Å². The molecular weight excluding hydrogens is 581 g/mol. The van der Waals surface area contributed by atoms with Crippen molar-refractivity contribution >= 4 is 35.2 Å². The van der Waals surface area contributed by atoms with Crippen molar-refractivity contribution in [1.82, 2.24) is 0 Å². The lowest BCUT2D eigenvalue weighted by Gasteiger charge is -2.24. The van der Waals surface area contributed by atoms with Gasteiger partial charge in [0.05, 0.1) is 0 Å². The Morgan fingerprint density at radius 3 is 2.06 bits per heavy atom. The molecule has 3 unspecified atom stereocenters. The number of nitrogens with zero attached hydrogens (tertiary/aromatic N) is 2. The highest BCUT2D eigenvalue weighted by Gasteiger charge is 2.21. The maximum absolute atomic E-state index is 5.09. The molecule has 3 aromatic rings. The van der Waals surface area contributed by atoms with E-state index in [4.69, 9.17) is 9.98 Å². The van der Waals surface area contributed by atoms with Gasteiger partial charge in [0, 0.05) is 23.8 Å². The van der Waals surface area contributed by atoms with Gasteiger partial charge in [-0.1, -0.05) is 170 Å². The van der Waals surface area contributed by atoms with E-state index < -0.39 is 0 Å². The number of aliphatic imine (C=N–C) groups is 2. The van der Waals surface area contributed by atoms with E-state index in [-0.39, 0.29) is 12.1 Å². The molecule has 3 atom stereocenters. The second-order valence-electron chi connectivity index (χ2n) is 11.2. The van der Waals surface area contributed by atoms with E-state index in [0.29, 0.717) is 5.92 Å². The standard InChI is InChI=1S/C40H40N2.3C2H6/c1-6-32(21-20-28(2)33-15-8-7-9-16-33)39(38-19-13-10-14-29(38)3)25-31(5)42-40-30(4)24-37(27-41-40)36-23-22-34-17-11-12-18-35(34)26-36;3*1-2/h6-22,24-27,30,36,40H,1,23H2,2-5H3;3*1-2H3/b28-20+,32-21+,39-25-,42-31+;;;. The first-order valence-electron chi connectivity index (χ1n) is 17.8. The number of benzene rings is 3. The third kappa shape index (κ3) is 11.0. The minimum absolute atomic E-state index is 0.139. The largest absolute Gasteiger partial charge is 0.266 e. The van der Waals surface area contributed by atoms with E-state index in [0.717, 1.165) is 23.3 Å². The van der Waals surface area contributed by atoms with E-state index in [9.17, 15) is 0 Å². The van der Waals surface area contributed by atoms with E-state index in [1.54, 1.807) is 0 Å². The van der Waals surface area contributed by atoms with Gasteiger partial charge in [0.2, 0.25) is 0 Å². The molecule has 5 rings (SSSR count). The van der Waals surface area contributed by atoms with E-state index in [1.807, 2.05) is 59.9 Å². The smallest absolute Gasteiger partial charge is 0.145 e. The molecule has 0 radical (unpaired) electrons. The van der Waals surface area contributed by atoms with Crippen molar-refractivity contribution in [1.29, 1.82) is 0 Å². The molecule has 0 N–H and O–H groups in total. The fraction of sp³-hybridized carbons (Fsp3) is 0.304. The summed E-state index contributed by atoms with van der Waals surface area (Å²) in [6.45, 7) is 24.8. The average molecular weight is 639 g/mol. The number of aryl methyl sites for hydroxylation is 1. The summed E-state index contributed by atoms with van der Waals surface area (Å²) in [6.07, 6.45) is 18.4. The summed E-state index contributed by atoms with van der Waals surface area (Å²) in [6, 6.07) is 27.5. The van der Waals surface area contributed by atoms with Crippen LogP contribution in [0.2, 0.25) is 0 Å². The highest BCUT2D eigenvalue weighted by Crippen LogP contribution is 2.29. The summed E-state index contributed by atoms with van der Waals surface area (Å²) in [5, 5.41) is 2.63. The number of allylic oxidation sites excluding steroid dienone is 8. The SMILES string of the molecule is C=CC(=C\C=C(/C)c1ccccc1)/C(=C/C(C)=N/C1N=CC(C2C=c3ccccc3=CC2)=CC1C)c1ccccc1C.CC.CC.CC. The summed E-state index contributed by atoms with van der Waals surface area (Å²) in [4.78, 5) is 10.0. The van der Waals surface area contributed by atoms with Gasteiger partial charge in [-0.3, -0.25) is 9.98 Å². The van der Waals surface area contributed by atoms with Crippen LogP contribution >= 0.6 is 0 Å². The Kier molecular flexibility index (Phi) is 17.6. The molecular formula is C46H58N2. The molecule has 1 aliphatic heterocycles. The predicted molar refractivity (Wildman–Crippen MR) is 217 cm³/mol. The Balaban J connectivity index is 0.00000126. The maximum Gasteiger partial charge on any atom is 0.145 e. The second kappa shape index (κ2) is 21.3. The molecule has 0 fully saturated rings. The van der Waals surface area contributed by atoms with Gasteiger partial charge in [-0.05, 0) is 82.7 Å². The summed E-state index contributed by atoms with van der Waals surface area (Å²) < 4.78 is 0. The minimum atomic E-state index is -0.139. The van der Waals surface area contributed by atoms with Crippen molar-refractivity contribution < 1.29 is 0 Å². The van der Waals surface area contributed by atoms with Crippen LogP contribution in [-0.2, 0) is 0 Å². The number of rotatable bonds is 8. The van der Waals surface area contributed by atoms with Crippen LogP contribution in [-0.4, -0.2) is 18.1 Å². The van der Waals surface area contributed by atoms with Gasteiger partial charge >= 0.3 is 0 Å². The molecule has 252 valence electrons. The number of hydrogen-bond donors (Lipinski definition) is 0. The lowest BCUT2D eigenvalue weighted by molar-refractivity contribution is 0.552. The van der Waals surface area contributed by atoms with Crippen molar-refractivity contribution in [2.45, 2.75) is 81.8 Å². The van der Waals surface area contributed by atoms with Crippen LogP contribution in [0.15, 0.2) is 137 Å². The number of hydrogen-bond acceptors (Lipinski definition) is 2. The van der Waals surface area contributed by atoms with Gasteiger partial charge in [-0.15, -0.1) is 0 Å². The highest BCUT2D eigenvalue weighted by molar-refractivity contribution is 6.03. The highest BCUT2D eigenvalue weighted by atomic mass is 15.0. The van der Waals surface area contributed by atoms with Gasteiger partial charge in [-0.25, -0.2) is 0 Å². The van der Waals surface area contributed by atoms with E-state index in [1.165, 1.54) is 38.3 Å². The summed E-state index contributed by atoms with van der Waals surface area (Å²) >= 11 is 0.